The van der Waals surface area contributed by atoms with Crippen molar-refractivity contribution in [3.05, 3.63) is 83.1 Å². The Bertz CT molecular complexity index is 1480. The number of hydrogen-bond acceptors (Lipinski definition) is 4. The van der Waals surface area contributed by atoms with Gasteiger partial charge in [0.05, 0.1) is 28.7 Å². The van der Waals surface area contributed by atoms with Crippen LogP contribution in [0, 0.1) is 23.3 Å². The second-order valence-electron chi connectivity index (χ2n) is 9.11. The van der Waals surface area contributed by atoms with Crippen LogP contribution in [0.1, 0.15) is 46.9 Å². The molecule has 0 radical (unpaired) electrons. The number of carbonyl (C=O) groups is 1. The number of hydrogen-bond donors (Lipinski definition) is 0. The molecule has 1 saturated heterocycles. The zero-order valence-electron chi connectivity index (χ0n) is 19.1. The van der Waals surface area contributed by atoms with Crippen LogP contribution in [0.3, 0.4) is 0 Å². The molecule has 1 fully saturated rings. The van der Waals surface area contributed by atoms with Gasteiger partial charge in [-0.3, -0.25) is 9.48 Å². The molecule has 0 aliphatic carbocycles. The van der Waals surface area contributed by atoms with Gasteiger partial charge >= 0.3 is 0 Å². The summed E-state index contributed by atoms with van der Waals surface area (Å²) in [7, 11) is 1.65. The van der Waals surface area contributed by atoms with Crippen LogP contribution in [0.5, 0.6) is 0 Å². The van der Waals surface area contributed by atoms with E-state index in [1.165, 1.54) is 40.2 Å². The molecule has 2 aliphatic rings. The van der Waals surface area contributed by atoms with Crippen LogP contribution in [0.15, 0.2) is 43.0 Å². The molecular formula is C25H20F4N6O. The van der Waals surface area contributed by atoms with E-state index in [4.69, 9.17) is 0 Å². The number of aryl methyl sites for hydroxylation is 1. The van der Waals surface area contributed by atoms with Gasteiger partial charge in [0.1, 0.15) is 18.5 Å². The number of amides is 1. The second-order valence-corrected chi connectivity index (χ2v) is 9.11. The largest absolute Gasteiger partial charge is 0.327 e. The molecule has 2 atom stereocenters. The van der Waals surface area contributed by atoms with Crippen molar-refractivity contribution >= 4 is 5.91 Å². The van der Waals surface area contributed by atoms with Crippen molar-refractivity contribution in [2.45, 2.75) is 37.8 Å². The molecule has 2 aromatic heterocycles. The molecule has 184 valence electrons. The molecule has 2 aromatic carbocycles. The molecule has 4 heterocycles. The fraction of sp³-hybridized carbons (Fsp3) is 0.280. The lowest BCUT2D eigenvalue weighted by molar-refractivity contribution is 0.0391. The summed E-state index contributed by atoms with van der Waals surface area (Å²) in [6, 6.07) is 5.22. The van der Waals surface area contributed by atoms with Crippen molar-refractivity contribution in [2.75, 3.05) is 0 Å². The van der Waals surface area contributed by atoms with Gasteiger partial charge in [-0.05, 0) is 56.0 Å². The van der Waals surface area contributed by atoms with E-state index >= 15 is 0 Å². The quantitative estimate of drug-likeness (QED) is 0.309. The van der Waals surface area contributed by atoms with E-state index < -0.39 is 29.3 Å². The molecule has 4 aromatic rings. The smallest absolute Gasteiger partial charge is 0.256 e. The topological polar surface area (TPSA) is 68.8 Å². The van der Waals surface area contributed by atoms with Gasteiger partial charge in [0.2, 0.25) is 0 Å². The summed E-state index contributed by atoms with van der Waals surface area (Å²) in [5.41, 5.74) is 2.62. The van der Waals surface area contributed by atoms with E-state index in [0.29, 0.717) is 36.3 Å². The molecule has 2 bridgehead atoms. The molecule has 0 N–H and O–H groups in total. The highest BCUT2D eigenvalue weighted by molar-refractivity contribution is 5.98. The number of benzene rings is 2. The second kappa shape index (κ2) is 8.28. The molecule has 1 amide bonds. The van der Waals surface area contributed by atoms with E-state index in [2.05, 4.69) is 15.2 Å². The van der Waals surface area contributed by atoms with E-state index in [0.717, 1.165) is 24.1 Å². The predicted molar refractivity (Wildman–Crippen MR) is 120 cm³/mol. The Labute approximate surface area is 203 Å². The van der Waals surface area contributed by atoms with E-state index in [1.807, 2.05) is 0 Å². The van der Waals surface area contributed by atoms with Gasteiger partial charge < -0.3 is 4.90 Å². The van der Waals surface area contributed by atoms with Gasteiger partial charge in [0.25, 0.3) is 5.91 Å². The molecule has 6 rings (SSSR count). The van der Waals surface area contributed by atoms with Gasteiger partial charge in [0, 0.05) is 24.2 Å². The summed E-state index contributed by atoms with van der Waals surface area (Å²) in [5.74, 6) is -4.99. The molecule has 11 heteroatoms. The third kappa shape index (κ3) is 3.41. The fourth-order valence-corrected chi connectivity index (χ4v) is 5.55. The van der Waals surface area contributed by atoms with Crippen molar-refractivity contribution in [3.8, 4) is 16.9 Å². The Kier molecular flexibility index (Phi) is 5.16. The van der Waals surface area contributed by atoms with Crippen molar-refractivity contribution in [3.63, 3.8) is 0 Å². The summed E-state index contributed by atoms with van der Waals surface area (Å²) < 4.78 is 58.8. The van der Waals surface area contributed by atoms with E-state index in [9.17, 15) is 22.4 Å². The van der Waals surface area contributed by atoms with E-state index in [-0.39, 0.29) is 23.1 Å². The first kappa shape index (κ1) is 22.4. The Hall–Kier alpha value is -4.02. The number of halogens is 4. The molecule has 36 heavy (non-hydrogen) atoms. The summed E-state index contributed by atoms with van der Waals surface area (Å²) >= 11 is 0. The highest BCUT2D eigenvalue weighted by atomic mass is 19.2. The van der Waals surface area contributed by atoms with Crippen LogP contribution < -0.4 is 0 Å². The lowest BCUT2D eigenvalue weighted by Gasteiger charge is -2.45. The number of carbonyl (C=O) groups excluding carboxylic acids is 1. The number of piperidine rings is 1. The third-order valence-corrected chi connectivity index (χ3v) is 7.02. The van der Waals surface area contributed by atoms with Crippen LogP contribution in [0.25, 0.3) is 16.9 Å². The maximum Gasteiger partial charge on any atom is 0.256 e. The van der Waals surface area contributed by atoms with Crippen LogP contribution in [0.4, 0.5) is 17.6 Å². The van der Waals surface area contributed by atoms with Gasteiger partial charge in [-0.15, -0.1) is 0 Å². The Morgan fingerprint density at radius 1 is 1.06 bits per heavy atom. The van der Waals surface area contributed by atoms with Crippen LogP contribution in [-0.4, -0.2) is 41.4 Å². The predicted octanol–water partition coefficient (Wildman–Crippen LogP) is 4.52. The maximum atomic E-state index is 14.3. The molecule has 7 nitrogen and oxygen atoms in total. The van der Waals surface area contributed by atoms with Gasteiger partial charge in [0.15, 0.2) is 17.5 Å². The first-order chi connectivity index (χ1) is 17.3. The Morgan fingerprint density at radius 2 is 1.83 bits per heavy atom. The van der Waals surface area contributed by atoms with Gasteiger partial charge in [-0.2, -0.15) is 10.2 Å². The van der Waals surface area contributed by atoms with Crippen molar-refractivity contribution < 1.29 is 22.4 Å². The number of aromatic nitrogens is 5. The molecule has 2 aliphatic heterocycles. The zero-order valence-corrected chi connectivity index (χ0v) is 19.1. The first-order valence-corrected chi connectivity index (χ1v) is 11.5. The summed E-state index contributed by atoms with van der Waals surface area (Å²) in [4.78, 5) is 19.6. The van der Waals surface area contributed by atoms with Crippen molar-refractivity contribution in [1.82, 2.24) is 29.4 Å². The number of nitrogens with zero attached hydrogens (tertiary/aromatic N) is 6. The molecule has 0 spiro atoms. The zero-order chi connectivity index (χ0) is 25.1. The van der Waals surface area contributed by atoms with Crippen LogP contribution in [-0.2, 0) is 13.5 Å². The highest BCUT2D eigenvalue weighted by Gasteiger charge is 2.44. The Morgan fingerprint density at radius 3 is 2.56 bits per heavy atom. The van der Waals surface area contributed by atoms with Gasteiger partial charge in [-0.25, -0.2) is 27.2 Å². The Balaban J connectivity index is 1.45. The average Bonchev–Trinajstić information content (AvgIpc) is 3.49. The normalized spacial score (nSPS) is 18.9. The number of fused-ring (bicyclic) bond motifs is 4. The van der Waals surface area contributed by atoms with E-state index in [1.54, 1.807) is 11.9 Å². The third-order valence-electron chi connectivity index (χ3n) is 7.02. The molecule has 0 saturated carbocycles. The van der Waals surface area contributed by atoms with Crippen molar-refractivity contribution in [2.24, 2.45) is 7.05 Å². The average molecular weight is 496 g/mol. The minimum Gasteiger partial charge on any atom is -0.327 e. The minimum atomic E-state index is -1.53. The van der Waals surface area contributed by atoms with Crippen LogP contribution in [0.2, 0.25) is 0 Å². The van der Waals surface area contributed by atoms with Crippen LogP contribution >= 0.6 is 0 Å². The standard InChI is InChI=1S/C25H20F4N6O/c1-33-24(13-7-18(27)22(29)19(28)8-13)17-10-15-3-2-4-21(23(17)32-33)35(15)25(36)16-9-14(26)5-6-20(16)34-12-30-11-31-34/h5-9,11-12,15,21H,2-4,10H2,1H3/t15-,21+/m0/s1. The lowest BCUT2D eigenvalue weighted by atomic mass is 9.81. The summed E-state index contributed by atoms with van der Waals surface area (Å²) in [6.45, 7) is 0. The molecule has 0 unspecified atom stereocenters. The summed E-state index contributed by atoms with van der Waals surface area (Å²) in [6.07, 6.45) is 5.36. The number of rotatable bonds is 3. The van der Waals surface area contributed by atoms with Gasteiger partial charge in [-0.1, -0.05) is 0 Å². The lowest BCUT2D eigenvalue weighted by Crippen LogP contribution is -2.50. The highest BCUT2D eigenvalue weighted by Crippen LogP contribution is 2.45. The maximum absolute atomic E-state index is 14.3. The fourth-order valence-electron chi connectivity index (χ4n) is 5.55. The minimum absolute atomic E-state index is 0.152. The molecular weight excluding hydrogens is 476 g/mol. The summed E-state index contributed by atoms with van der Waals surface area (Å²) in [5, 5.41) is 8.72. The van der Waals surface area contributed by atoms with Crippen molar-refractivity contribution in [1.29, 1.82) is 0 Å². The monoisotopic (exact) mass is 496 g/mol. The first-order valence-electron chi connectivity index (χ1n) is 11.5. The SMILES string of the molecule is Cn1nc2c(c1-c1cc(F)c(F)c(F)c1)C[C@@H]1CCC[C@H]2N1C(=O)c1cc(F)ccc1-n1cncn1.